The number of nitrogens with zero attached hydrogens (tertiary/aromatic N) is 1. The van der Waals surface area contributed by atoms with Crippen LogP contribution >= 0.6 is 0 Å². The number of hydrogen-bond donors (Lipinski definition) is 1. The minimum Gasteiger partial charge on any atom is -0.381 e. The summed E-state index contributed by atoms with van der Waals surface area (Å²) in [5.41, 5.74) is -0.721. The molecule has 0 aromatic carbocycles. The second-order valence-electron chi connectivity index (χ2n) is 4.07. The lowest BCUT2D eigenvalue weighted by atomic mass is 9.89. The Morgan fingerprint density at radius 1 is 1.41 bits per heavy atom. The summed E-state index contributed by atoms with van der Waals surface area (Å²) in [7, 11) is 1.60. The molecule has 6 heteroatoms. The zero-order chi connectivity index (χ0) is 12.5. The monoisotopic (exact) mass is 246 g/mol. The smallest absolute Gasteiger partial charge is 0.381 e. The first-order chi connectivity index (χ1) is 8.00. The third-order valence-corrected chi connectivity index (χ3v) is 2.88. The van der Waals surface area contributed by atoms with Gasteiger partial charge in [0.1, 0.15) is 5.82 Å². The van der Waals surface area contributed by atoms with Crippen molar-refractivity contribution >= 4 is 5.82 Å². The number of alkyl halides is 3. The third kappa shape index (κ3) is 2.69. The van der Waals surface area contributed by atoms with Crippen LogP contribution < -0.4 is 5.32 Å². The van der Waals surface area contributed by atoms with E-state index < -0.39 is 11.7 Å². The van der Waals surface area contributed by atoms with E-state index in [-0.39, 0.29) is 18.0 Å². The second-order valence-corrected chi connectivity index (χ2v) is 4.07. The van der Waals surface area contributed by atoms with Crippen LogP contribution in [0, 0.1) is 0 Å². The standard InChI is InChI=1S/C11H13F3N2O/c1-17-8-5-7(6-8)16-10-9(11(12,13)14)3-2-4-15-10/h2-4,7-8H,5-6H2,1H3,(H,15,16). The number of nitrogens with one attached hydrogen (secondary N) is 1. The van der Waals surface area contributed by atoms with E-state index in [9.17, 15) is 13.2 Å². The Bertz CT molecular complexity index is 389. The van der Waals surface area contributed by atoms with E-state index in [1.807, 2.05) is 0 Å². The molecule has 0 aliphatic heterocycles. The molecule has 0 saturated heterocycles. The fourth-order valence-electron chi connectivity index (χ4n) is 1.82. The van der Waals surface area contributed by atoms with Crippen molar-refractivity contribution in [3.63, 3.8) is 0 Å². The number of anilines is 1. The Balaban J connectivity index is 2.06. The zero-order valence-electron chi connectivity index (χ0n) is 9.29. The van der Waals surface area contributed by atoms with E-state index in [0.717, 1.165) is 6.07 Å². The highest BCUT2D eigenvalue weighted by molar-refractivity contribution is 5.46. The first-order valence-corrected chi connectivity index (χ1v) is 5.32. The minimum atomic E-state index is -4.37. The lowest BCUT2D eigenvalue weighted by Crippen LogP contribution is -2.40. The first-order valence-electron chi connectivity index (χ1n) is 5.32. The number of methoxy groups -OCH3 is 1. The fourth-order valence-corrected chi connectivity index (χ4v) is 1.82. The molecule has 1 saturated carbocycles. The van der Waals surface area contributed by atoms with Crippen LogP contribution in [0.3, 0.4) is 0 Å². The maximum absolute atomic E-state index is 12.7. The summed E-state index contributed by atoms with van der Waals surface area (Å²) in [5, 5.41) is 2.81. The molecule has 1 fully saturated rings. The Morgan fingerprint density at radius 3 is 2.71 bits per heavy atom. The second kappa shape index (κ2) is 4.52. The highest BCUT2D eigenvalue weighted by Crippen LogP contribution is 2.35. The maximum Gasteiger partial charge on any atom is 0.419 e. The molecular formula is C11H13F3N2O. The van der Waals surface area contributed by atoms with E-state index in [1.165, 1.54) is 12.3 Å². The normalized spacial score (nSPS) is 24.2. The van der Waals surface area contributed by atoms with Crippen molar-refractivity contribution < 1.29 is 17.9 Å². The van der Waals surface area contributed by atoms with E-state index in [1.54, 1.807) is 7.11 Å². The van der Waals surface area contributed by atoms with Gasteiger partial charge in [-0.3, -0.25) is 0 Å². The Kier molecular flexibility index (Phi) is 3.24. The highest BCUT2D eigenvalue weighted by Gasteiger charge is 2.36. The molecule has 0 bridgehead atoms. The van der Waals surface area contributed by atoms with E-state index in [0.29, 0.717) is 12.8 Å². The molecule has 0 atom stereocenters. The molecule has 0 radical (unpaired) electrons. The molecule has 2 rings (SSSR count). The number of rotatable bonds is 3. The number of halogens is 3. The van der Waals surface area contributed by atoms with Gasteiger partial charge in [-0.25, -0.2) is 4.98 Å². The number of aromatic nitrogens is 1. The van der Waals surface area contributed by atoms with Gasteiger partial charge in [0.2, 0.25) is 0 Å². The largest absolute Gasteiger partial charge is 0.419 e. The van der Waals surface area contributed by atoms with Crippen LogP contribution in [-0.4, -0.2) is 24.2 Å². The average Bonchev–Trinajstić information content (AvgIpc) is 2.22. The summed E-state index contributed by atoms with van der Waals surface area (Å²) < 4.78 is 43.0. The van der Waals surface area contributed by atoms with Crippen LogP contribution in [0.15, 0.2) is 18.3 Å². The van der Waals surface area contributed by atoms with Gasteiger partial charge in [-0.15, -0.1) is 0 Å². The number of ether oxygens (including phenoxy) is 1. The van der Waals surface area contributed by atoms with Gasteiger partial charge in [0.25, 0.3) is 0 Å². The van der Waals surface area contributed by atoms with Crippen LogP contribution in [0.5, 0.6) is 0 Å². The Morgan fingerprint density at radius 2 is 2.12 bits per heavy atom. The van der Waals surface area contributed by atoms with Gasteiger partial charge in [-0.2, -0.15) is 13.2 Å². The SMILES string of the molecule is COC1CC(Nc2ncccc2C(F)(F)F)C1. The molecule has 17 heavy (non-hydrogen) atoms. The van der Waals surface area contributed by atoms with Crippen LogP contribution in [0.4, 0.5) is 19.0 Å². The quantitative estimate of drug-likeness (QED) is 0.890. The van der Waals surface area contributed by atoms with Crippen molar-refractivity contribution in [2.45, 2.75) is 31.2 Å². The number of hydrogen-bond acceptors (Lipinski definition) is 3. The summed E-state index contributed by atoms with van der Waals surface area (Å²) in [4.78, 5) is 3.75. The molecule has 1 aliphatic carbocycles. The highest BCUT2D eigenvalue weighted by atomic mass is 19.4. The lowest BCUT2D eigenvalue weighted by Gasteiger charge is -2.35. The zero-order valence-corrected chi connectivity index (χ0v) is 9.29. The molecule has 0 spiro atoms. The van der Waals surface area contributed by atoms with Crippen molar-refractivity contribution in [3.8, 4) is 0 Å². The van der Waals surface area contributed by atoms with E-state index >= 15 is 0 Å². The van der Waals surface area contributed by atoms with Crippen molar-refractivity contribution in [2.24, 2.45) is 0 Å². The van der Waals surface area contributed by atoms with Gasteiger partial charge < -0.3 is 10.1 Å². The number of pyridine rings is 1. The molecule has 1 heterocycles. The minimum absolute atomic E-state index is 0.0101. The topological polar surface area (TPSA) is 34.1 Å². The summed E-state index contributed by atoms with van der Waals surface area (Å²) in [5.74, 6) is -0.0976. The molecule has 94 valence electrons. The van der Waals surface area contributed by atoms with E-state index in [2.05, 4.69) is 10.3 Å². The van der Waals surface area contributed by atoms with Crippen LogP contribution in [0.2, 0.25) is 0 Å². The predicted molar refractivity (Wildman–Crippen MR) is 56.7 cm³/mol. The molecular weight excluding hydrogens is 233 g/mol. The van der Waals surface area contributed by atoms with Crippen LogP contribution in [-0.2, 0) is 10.9 Å². The van der Waals surface area contributed by atoms with Crippen LogP contribution in [0.1, 0.15) is 18.4 Å². The summed E-state index contributed by atoms with van der Waals surface area (Å²) in [6.45, 7) is 0. The summed E-state index contributed by atoms with van der Waals surface area (Å²) in [6.07, 6.45) is -1.45. The molecule has 0 unspecified atom stereocenters. The maximum atomic E-state index is 12.7. The third-order valence-electron chi connectivity index (χ3n) is 2.88. The van der Waals surface area contributed by atoms with Crippen molar-refractivity contribution in [1.29, 1.82) is 0 Å². The summed E-state index contributed by atoms with van der Waals surface area (Å²) >= 11 is 0. The lowest BCUT2D eigenvalue weighted by molar-refractivity contribution is -0.137. The predicted octanol–water partition coefficient (Wildman–Crippen LogP) is 2.69. The van der Waals surface area contributed by atoms with Gasteiger partial charge in [-0.1, -0.05) is 0 Å². The van der Waals surface area contributed by atoms with Gasteiger partial charge in [-0.05, 0) is 25.0 Å². The molecule has 3 nitrogen and oxygen atoms in total. The van der Waals surface area contributed by atoms with Crippen molar-refractivity contribution in [1.82, 2.24) is 4.98 Å². The van der Waals surface area contributed by atoms with Gasteiger partial charge in [0.15, 0.2) is 0 Å². The Labute approximate surface area is 97.0 Å². The molecule has 1 N–H and O–H groups in total. The van der Waals surface area contributed by atoms with E-state index in [4.69, 9.17) is 4.74 Å². The molecule has 1 aromatic rings. The van der Waals surface area contributed by atoms with Crippen molar-refractivity contribution in [2.75, 3.05) is 12.4 Å². The van der Waals surface area contributed by atoms with Gasteiger partial charge in [0, 0.05) is 19.3 Å². The fraction of sp³-hybridized carbons (Fsp3) is 0.545. The first kappa shape index (κ1) is 12.2. The van der Waals surface area contributed by atoms with Crippen LogP contribution in [0.25, 0.3) is 0 Å². The average molecular weight is 246 g/mol. The van der Waals surface area contributed by atoms with Gasteiger partial charge in [0.05, 0.1) is 11.7 Å². The molecule has 1 aromatic heterocycles. The van der Waals surface area contributed by atoms with Crippen molar-refractivity contribution in [3.05, 3.63) is 23.9 Å². The Hall–Kier alpha value is -1.30. The summed E-state index contributed by atoms with van der Waals surface area (Å²) in [6, 6.07) is 2.32. The molecule has 0 amide bonds. The van der Waals surface area contributed by atoms with Gasteiger partial charge >= 0.3 is 6.18 Å². The molecule has 1 aliphatic rings.